The van der Waals surface area contributed by atoms with E-state index in [1.54, 1.807) is 0 Å². The quantitative estimate of drug-likeness (QED) is 0.708. The van der Waals surface area contributed by atoms with Gasteiger partial charge in [-0.05, 0) is 31.0 Å². The number of fused-ring (bicyclic) bond motifs is 1. The molecule has 0 fully saturated rings. The highest BCUT2D eigenvalue weighted by molar-refractivity contribution is 5.74. The van der Waals surface area contributed by atoms with Gasteiger partial charge in [0, 0.05) is 13.2 Å². The summed E-state index contributed by atoms with van der Waals surface area (Å²) < 4.78 is 11.0. The van der Waals surface area contributed by atoms with E-state index in [9.17, 15) is 4.79 Å². The molecule has 0 aliphatic carbocycles. The van der Waals surface area contributed by atoms with Crippen molar-refractivity contribution in [2.24, 2.45) is 0 Å². The van der Waals surface area contributed by atoms with E-state index in [1.807, 2.05) is 25.1 Å². The number of hydrogen-bond acceptors (Lipinski definition) is 4. The van der Waals surface area contributed by atoms with Crippen molar-refractivity contribution >= 4 is 6.03 Å². The van der Waals surface area contributed by atoms with Crippen molar-refractivity contribution in [3.63, 3.8) is 0 Å². The Morgan fingerprint density at radius 2 is 2.10 bits per heavy atom. The summed E-state index contributed by atoms with van der Waals surface area (Å²) in [6, 6.07) is 5.26. The van der Waals surface area contributed by atoms with E-state index in [4.69, 9.17) is 14.6 Å². The molecule has 2 rings (SSSR count). The molecular weight excluding hydrogens is 260 g/mol. The molecule has 3 N–H and O–H groups in total. The Kier molecular flexibility index (Phi) is 5.06. The maximum absolute atomic E-state index is 11.6. The van der Waals surface area contributed by atoms with Gasteiger partial charge in [0.15, 0.2) is 11.5 Å². The Morgan fingerprint density at radius 1 is 1.35 bits per heavy atom. The third kappa shape index (κ3) is 3.77. The number of aliphatic hydroxyl groups is 1. The minimum atomic E-state index is -0.249. The minimum absolute atomic E-state index is 0.0675. The number of ether oxygens (including phenoxy) is 2. The molecule has 0 saturated carbocycles. The summed E-state index contributed by atoms with van der Waals surface area (Å²) in [6.45, 7) is 3.53. The third-order valence-corrected chi connectivity index (χ3v) is 3.03. The molecular formula is C14H20N2O4. The van der Waals surface area contributed by atoms with E-state index in [1.165, 1.54) is 0 Å². The highest BCUT2D eigenvalue weighted by Crippen LogP contribution is 2.32. The lowest BCUT2D eigenvalue weighted by Crippen LogP contribution is -2.37. The Hall–Kier alpha value is -1.95. The molecule has 20 heavy (non-hydrogen) atoms. The van der Waals surface area contributed by atoms with Gasteiger partial charge in [0.2, 0.25) is 0 Å². The topological polar surface area (TPSA) is 79.8 Å². The van der Waals surface area contributed by atoms with Crippen LogP contribution in [0.5, 0.6) is 11.5 Å². The largest absolute Gasteiger partial charge is 0.486 e. The fourth-order valence-electron chi connectivity index (χ4n) is 1.94. The highest BCUT2D eigenvalue weighted by Gasteiger charge is 2.15. The van der Waals surface area contributed by atoms with Crippen LogP contribution in [-0.4, -0.2) is 37.5 Å². The first-order valence-corrected chi connectivity index (χ1v) is 6.75. The van der Waals surface area contributed by atoms with Crippen LogP contribution in [0, 0.1) is 0 Å². The van der Waals surface area contributed by atoms with Crippen LogP contribution in [-0.2, 0) is 0 Å². The maximum atomic E-state index is 11.6. The lowest BCUT2D eigenvalue weighted by atomic mass is 10.1. The van der Waals surface area contributed by atoms with Crippen molar-refractivity contribution in [1.82, 2.24) is 10.6 Å². The minimum Gasteiger partial charge on any atom is -0.486 e. The van der Waals surface area contributed by atoms with Crippen LogP contribution in [0.25, 0.3) is 0 Å². The molecule has 0 unspecified atom stereocenters. The molecule has 1 heterocycles. The van der Waals surface area contributed by atoms with Crippen molar-refractivity contribution in [3.8, 4) is 11.5 Å². The molecule has 1 aliphatic rings. The Balaban J connectivity index is 1.91. The van der Waals surface area contributed by atoms with E-state index in [-0.39, 0.29) is 18.7 Å². The lowest BCUT2D eigenvalue weighted by molar-refractivity contribution is 0.171. The standard InChI is InChI=1S/C14H20N2O4/c1-10(16-14(18)15-5-2-6-17)11-3-4-12-13(9-11)20-8-7-19-12/h3-4,9-10,17H,2,5-8H2,1H3,(H2,15,16,18)/t10-/m1/s1. The van der Waals surface area contributed by atoms with Crippen molar-refractivity contribution in [3.05, 3.63) is 23.8 Å². The fraction of sp³-hybridized carbons (Fsp3) is 0.500. The molecule has 1 aliphatic heterocycles. The second kappa shape index (κ2) is 7.00. The van der Waals surface area contributed by atoms with Gasteiger partial charge in [-0.25, -0.2) is 4.79 Å². The first-order valence-electron chi connectivity index (χ1n) is 6.75. The summed E-state index contributed by atoms with van der Waals surface area (Å²) in [4.78, 5) is 11.6. The number of benzene rings is 1. The molecule has 0 radical (unpaired) electrons. The molecule has 6 heteroatoms. The third-order valence-electron chi connectivity index (χ3n) is 3.03. The SMILES string of the molecule is C[C@@H](NC(=O)NCCCO)c1ccc2c(c1)OCCO2. The summed E-state index contributed by atoms with van der Waals surface area (Å²) in [5, 5.41) is 14.2. The summed E-state index contributed by atoms with van der Waals surface area (Å²) in [6.07, 6.45) is 0.547. The van der Waals surface area contributed by atoms with E-state index in [2.05, 4.69) is 10.6 Å². The van der Waals surface area contributed by atoms with Crippen LogP contribution < -0.4 is 20.1 Å². The van der Waals surface area contributed by atoms with Crippen molar-refractivity contribution in [1.29, 1.82) is 0 Å². The summed E-state index contributed by atoms with van der Waals surface area (Å²) in [5.74, 6) is 1.45. The van der Waals surface area contributed by atoms with E-state index in [0.29, 0.717) is 31.9 Å². The van der Waals surface area contributed by atoms with Crippen molar-refractivity contribution < 1.29 is 19.4 Å². The van der Waals surface area contributed by atoms with Gasteiger partial charge in [0.1, 0.15) is 13.2 Å². The van der Waals surface area contributed by atoms with E-state index < -0.39 is 0 Å². The fourth-order valence-corrected chi connectivity index (χ4v) is 1.94. The average molecular weight is 280 g/mol. The van der Waals surface area contributed by atoms with Crippen LogP contribution >= 0.6 is 0 Å². The summed E-state index contributed by atoms with van der Waals surface area (Å²) >= 11 is 0. The summed E-state index contributed by atoms with van der Waals surface area (Å²) in [5.41, 5.74) is 0.951. The predicted octanol–water partition coefficient (Wildman–Crippen LogP) is 1.20. The molecule has 2 amide bonds. The van der Waals surface area contributed by atoms with Gasteiger partial charge in [-0.1, -0.05) is 6.07 Å². The Labute approximate surface area is 118 Å². The average Bonchev–Trinajstić information content (AvgIpc) is 2.47. The van der Waals surface area contributed by atoms with Gasteiger partial charge in [-0.15, -0.1) is 0 Å². The number of amides is 2. The van der Waals surface area contributed by atoms with Gasteiger partial charge in [-0.2, -0.15) is 0 Å². The number of carbonyl (C=O) groups excluding carboxylic acids is 1. The second-order valence-electron chi connectivity index (χ2n) is 4.60. The van der Waals surface area contributed by atoms with Crippen molar-refractivity contribution in [2.75, 3.05) is 26.4 Å². The molecule has 0 saturated heterocycles. The zero-order valence-electron chi connectivity index (χ0n) is 11.5. The Bertz CT molecular complexity index is 464. The number of carbonyl (C=O) groups is 1. The van der Waals surface area contributed by atoms with Gasteiger partial charge in [-0.3, -0.25) is 0 Å². The first kappa shape index (κ1) is 14.5. The van der Waals surface area contributed by atoms with Crippen LogP contribution in [0.15, 0.2) is 18.2 Å². The molecule has 0 aromatic heterocycles. The molecule has 0 spiro atoms. The molecule has 1 atom stereocenters. The van der Waals surface area contributed by atoms with Gasteiger partial charge in [0.25, 0.3) is 0 Å². The van der Waals surface area contributed by atoms with Crippen molar-refractivity contribution in [2.45, 2.75) is 19.4 Å². The number of aliphatic hydroxyl groups excluding tert-OH is 1. The molecule has 110 valence electrons. The highest BCUT2D eigenvalue weighted by atomic mass is 16.6. The number of hydrogen-bond donors (Lipinski definition) is 3. The van der Waals surface area contributed by atoms with Crippen LogP contribution in [0.2, 0.25) is 0 Å². The monoisotopic (exact) mass is 280 g/mol. The Morgan fingerprint density at radius 3 is 2.85 bits per heavy atom. The van der Waals surface area contributed by atoms with Gasteiger partial charge >= 0.3 is 6.03 Å². The second-order valence-corrected chi connectivity index (χ2v) is 4.60. The van der Waals surface area contributed by atoms with Gasteiger partial charge in [0.05, 0.1) is 6.04 Å². The zero-order valence-corrected chi connectivity index (χ0v) is 11.5. The normalized spacial score (nSPS) is 14.5. The zero-order chi connectivity index (χ0) is 14.4. The summed E-state index contributed by atoms with van der Waals surface area (Å²) in [7, 11) is 0. The van der Waals surface area contributed by atoms with Gasteiger partial charge < -0.3 is 25.2 Å². The van der Waals surface area contributed by atoms with Crippen LogP contribution in [0.1, 0.15) is 24.9 Å². The number of nitrogens with one attached hydrogen (secondary N) is 2. The molecule has 6 nitrogen and oxygen atoms in total. The molecule has 1 aromatic carbocycles. The van der Waals surface area contributed by atoms with E-state index in [0.717, 1.165) is 11.3 Å². The number of rotatable bonds is 5. The predicted molar refractivity (Wildman–Crippen MR) is 74.1 cm³/mol. The lowest BCUT2D eigenvalue weighted by Gasteiger charge is -2.21. The van der Waals surface area contributed by atoms with Crippen LogP contribution in [0.4, 0.5) is 4.79 Å². The maximum Gasteiger partial charge on any atom is 0.315 e. The molecule has 1 aromatic rings. The first-order chi connectivity index (χ1) is 9.70. The van der Waals surface area contributed by atoms with Crippen LogP contribution in [0.3, 0.4) is 0 Å². The smallest absolute Gasteiger partial charge is 0.315 e. The van der Waals surface area contributed by atoms with E-state index >= 15 is 0 Å². The number of urea groups is 1. The molecule has 0 bridgehead atoms.